The first-order valence-corrected chi connectivity index (χ1v) is 7.78. The maximum absolute atomic E-state index is 6.76. The summed E-state index contributed by atoms with van der Waals surface area (Å²) in [5.74, 6) is 0. The van der Waals surface area contributed by atoms with E-state index in [1.54, 1.807) is 0 Å². The minimum atomic E-state index is -0.157. The summed E-state index contributed by atoms with van der Waals surface area (Å²) in [6.07, 6.45) is 0. The van der Waals surface area contributed by atoms with Crippen molar-refractivity contribution < 1.29 is 0 Å². The van der Waals surface area contributed by atoms with E-state index >= 15 is 0 Å². The Morgan fingerprint density at radius 3 is 2.35 bits per heavy atom. The number of hydrogen-bond acceptors (Lipinski definition) is 0. The molecule has 0 N–H and O–H groups in total. The lowest BCUT2D eigenvalue weighted by molar-refractivity contribution is 1.13. The maximum atomic E-state index is 6.76. The predicted octanol–water partition coefficient (Wildman–Crippen LogP) is 6.24. The van der Waals surface area contributed by atoms with Gasteiger partial charge in [-0.2, -0.15) is 0 Å². The molecule has 1 atom stereocenters. The van der Waals surface area contributed by atoms with Crippen LogP contribution in [0.4, 0.5) is 0 Å². The molecule has 3 rings (SSSR count). The smallest absolute Gasteiger partial charge is 0.0852 e. The van der Waals surface area contributed by atoms with Crippen molar-refractivity contribution in [2.24, 2.45) is 0 Å². The SMILES string of the molecule is Cc1cccc(C(Cl)c2cccc3ccccc23)c1Br. The van der Waals surface area contributed by atoms with Crippen LogP contribution in [-0.2, 0) is 0 Å². The van der Waals surface area contributed by atoms with Crippen molar-refractivity contribution in [2.45, 2.75) is 12.3 Å². The van der Waals surface area contributed by atoms with Crippen LogP contribution < -0.4 is 0 Å². The van der Waals surface area contributed by atoms with Crippen LogP contribution in [0.5, 0.6) is 0 Å². The molecule has 0 radical (unpaired) electrons. The van der Waals surface area contributed by atoms with E-state index < -0.39 is 0 Å². The highest BCUT2D eigenvalue weighted by atomic mass is 79.9. The molecule has 0 aliphatic heterocycles. The first kappa shape index (κ1) is 13.7. The van der Waals surface area contributed by atoms with E-state index in [2.05, 4.69) is 83.5 Å². The lowest BCUT2D eigenvalue weighted by atomic mass is 9.97. The summed E-state index contributed by atoms with van der Waals surface area (Å²) in [4.78, 5) is 0. The van der Waals surface area contributed by atoms with Crippen molar-refractivity contribution in [3.8, 4) is 0 Å². The van der Waals surface area contributed by atoms with E-state index in [1.165, 1.54) is 16.3 Å². The first-order valence-electron chi connectivity index (χ1n) is 6.55. The number of fused-ring (bicyclic) bond motifs is 1. The maximum Gasteiger partial charge on any atom is 0.0852 e. The van der Waals surface area contributed by atoms with Gasteiger partial charge in [0.1, 0.15) is 0 Å². The zero-order valence-electron chi connectivity index (χ0n) is 11.1. The predicted molar refractivity (Wildman–Crippen MR) is 90.5 cm³/mol. The normalized spacial score (nSPS) is 12.6. The fourth-order valence-corrected chi connectivity index (χ4v) is 3.50. The quantitative estimate of drug-likeness (QED) is 0.482. The molecular weight excluding hydrogens is 332 g/mol. The van der Waals surface area contributed by atoms with Gasteiger partial charge in [0.25, 0.3) is 0 Å². The van der Waals surface area contributed by atoms with Gasteiger partial charge in [0.2, 0.25) is 0 Å². The lowest BCUT2D eigenvalue weighted by Crippen LogP contribution is -1.97. The topological polar surface area (TPSA) is 0 Å². The second kappa shape index (κ2) is 5.59. The zero-order chi connectivity index (χ0) is 14.1. The largest absolute Gasteiger partial charge is 0.113 e. The van der Waals surface area contributed by atoms with E-state index in [-0.39, 0.29) is 5.38 Å². The van der Waals surface area contributed by atoms with Crippen molar-refractivity contribution in [2.75, 3.05) is 0 Å². The van der Waals surface area contributed by atoms with Crippen LogP contribution >= 0.6 is 27.5 Å². The summed E-state index contributed by atoms with van der Waals surface area (Å²) in [5.41, 5.74) is 3.47. The molecule has 0 aliphatic rings. The van der Waals surface area contributed by atoms with Crippen LogP contribution in [0.2, 0.25) is 0 Å². The van der Waals surface area contributed by atoms with Gasteiger partial charge in [-0.1, -0.05) is 76.6 Å². The van der Waals surface area contributed by atoms with Crippen molar-refractivity contribution in [1.29, 1.82) is 0 Å². The van der Waals surface area contributed by atoms with Crippen LogP contribution in [0.25, 0.3) is 10.8 Å². The van der Waals surface area contributed by atoms with Gasteiger partial charge < -0.3 is 0 Å². The van der Waals surface area contributed by atoms with Crippen molar-refractivity contribution in [1.82, 2.24) is 0 Å². The van der Waals surface area contributed by atoms with E-state index in [0.29, 0.717) is 0 Å². The molecular formula is C18H14BrCl. The molecule has 1 unspecified atom stereocenters. The number of halogens is 2. The van der Waals surface area contributed by atoms with Crippen molar-refractivity contribution in [3.63, 3.8) is 0 Å². The van der Waals surface area contributed by atoms with E-state index in [4.69, 9.17) is 11.6 Å². The van der Waals surface area contributed by atoms with Crippen LogP contribution in [0.15, 0.2) is 65.1 Å². The summed E-state index contributed by atoms with van der Waals surface area (Å²) in [6, 6.07) is 20.9. The monoisotopic (exact) mass is 344 g/mol. The first-order chi connectivity index (χ1) is 9.68. The number of rotatable bonds is 2. The molecule has 0 aliphatic carbocycles. The van der Waals surface area contributed by atoms with Gasteiger partial charge in [0, 0.05) is 4.47 Å². The number of alkyl halides is 1. The van der Waals surface area contributed by atoms with E-state index in [0.717, 1.165) is 15.6 Å². The molecule has 2 heteroatoms. The Morgan fingerprint density at radius 1 is 0.850 bits per heavy atom. The Balaban J connectivity index is 2.18. The molecule has 0 heterocycles. The molecule has 0 bridgehead atoms. The van der Waals surface area contributed by atoms with Gasteiger partial charge in [-0.05, 0) is 34.4 Å². The van der Waals surface area contributed by atoms with Crippen LogP contribution in [-0.4, -0.2) is 0 Å². The second-order valence-corrected chi connectivity index (χ2v) is 6.14. The minimum Gasteiger partial charge on any atom is -0.113 e. The van der Waals surface area contributed by atoms with Crippen LogP contribution in [0, 0.1) is 6.92 Å². The lowest BCUT2D eigenvalue weighted by Gasteiger charge is -2.16. The van der Waals surface area contributed by atoms with Crippen LogP contribution in [0.1, 0.15) is 22.1 Å². The average molecular weight is 346 g/mol. The summed E-state index contributed by atoms with van der Waals surface area (Å²) in [7, 11) is 0. The Morgan fingerprint density at radius 2 is 1.50 bits per heavy atom. The summed E-state index contributed by atoms with van der Waals surface area (Å²) in [5, 5.41) is 2.28. The van der Waals surface area contributed by atoms with Gasteiger partial charge in [-0.3, -0.25) is 0 Å². The molecule has 0 fully saturated rings. The summed E-state index contributed by atoms with van der Waals surface area (Å²) in [6.45, 7) is 2.08. The highest BCUT2D eigenvalue weighted by Crippen LogP contribution is 2.38. The average Bonchev–Trinajstić information content (AvgIpc) is 2.49. The summed E-state index contributed by atoms with van der Waals surface area (Å²) < 4.78 is 1.09. The third kappa shape index (κ3) is 2.36. The summed E-state index contributed by atoms with van der Waals surface area (Å²) >= 11 is 10.4. The number of aryl methyl sites for hydroxylation is 1. The fourth-order valence-electron chi connectivity index (χ4n) is 2.50. The van der Waals surface area contributed by atoms with Gasteiger partial charge in [-0.25, -0.2) is 0 Å². The molecule has 3 aromatic rings. The molecule has 0 spiro atoms. The van der Waals surface area contributed by atoms with E-state index in [1.807, 2.05) is 0 Å². The van der Waals surface area contributed by atoms with Crippen molar-refractivity contribution >= 4 is 38.3 Å². The second-order valence-electron chi connectivity index (χ2n) is 4.91. The van der Waals surface area contributed by atoms with Gasteiger partial charge in [0.15, 0.2) is 0 Å². The molecule has 0 saturated carbocycles. The molecule has 0 saturated heterocycles. The van der Waals surface area contributed by atoms with Gasteiger partial charge in [0.05, 0.1) is 5.38 Å². The molecule has 20 heavy (non-hydrogen) atoms. The van der Waals surface area contributed by atoms with Gasteiger partial charge >= 0.3 is 0 Å². The zero-order valence-corrected chi connectivity index (χ0v) is 13.4. The minimum absolute atomic E-state index is 0.157. The Bertz CT molecular complexity index is 759. The molecule has 100 valence electrons. The van der Waals surface area contributed by atoms with Gasteiger partial charge in [-0.15, -0.1) is 11.6 Å². The molecule has 3 aromatic carbocycles. The molecule has 0 nitrogen and oxygen atoms in total. The molecule has 0 aromatic heterocycles. The Kier molecular flexibility index (Phi) is 3.82. The highest BCUT2D eigenvalue weighted by molar-refractivity contribution is 9.10. The fraction of sp³-hybridized carbons (Fsp3) is 0.111. The highest BCUT2D eigenvalue weighted by Gasteiger charge is 2.16. The third-order valence-electron chi connectivity index (χ3n) is 3.59. The third-order valence-corrected chi connectivity index (χ3v) is 5.14. The Hall–Kier alpha value is -1.31. The standard InChI is InChI=1S/C18H14BrCl/c1-12-6-4-11-16(17(12)19)18(20)15-10-5-8-13-7-2-3-9-14(13)15/h2-11,18H,1H3. The number of benzene rings is 3. The van der Waals surface area contributed by atoms with E-state index in [9.17, 15) is 0 Å². The van der Waals surface area contributed by atoms with Crippen molar-refractivity contribution in [3.05, 3.63) is 81.8 Å². The number of hydrogen-bond donors (Lipinski definition) is 0. The molecule has 0 amide bonds. The Labute approximate surface area is 132 Å². The van der Waals surface area contributed by atoms with Crippen LogP contribution in [0.3, 0.4) is 0 Å².